The number of urea groups is 1. The molecule has 1 atom stereocenters. The number of aliphatic carboxylic acids is 1. The highest BCUT2D eigenvalue weighted by atomic mass is 79.9. The Balaban J connectivity index is 2.79. The second-order valence-corrected chi connectivity index (χ2v) is 6.21. The summed E-state index contributed by atoms with van der Waals surface area (Å²) in [6, 6.07) is 2.07. The van der Waals surface area contributed by atoms with Crippen LogP contribution in [0.1, 0.15) is 20.8 Å². The third-order valence-corrected chi connectivity index (χ3v) is 3.22. The Kier molecular flexibility index (Phi) is 5.10. The van der Waals surface area contributed by atoms with Crippen LogP contribution in [0.15, 0.2) is 22.7 Å². The summed E-state index contributed by atoms with van der Waals surface area (Å²) in [5, 5.41) is 14.0. The van der Waals surface area contributed by atoms with E-state index in [0.717, 1.165) is 0 Å². The number of carboxylic acids is 1. The van der Waals surface area contributed by atoms with Gasteiger partial charge >= 0.3 is 12.0 Å². The first-order valence-corrected chi connectivity index (χ1v) is 6.66. The van der Waals surface area contributed by atoms with Crippen LogP contribution >= 0.6 is 15.9 Å². The predicted molar refractivity (Wildman–Crippen MR) is 77.1 cm³/mol. The fourth-order valence-corrected chi connectivity index (χ4v) is 1.98. The zero-order valence-corrected chi connectivity index (χ0v) is 12.9. The van der Waals surface area contributed by atoms with Crippen LogP contribution in [0.25, 0.3) is 0 Å². The second kappa shape index (κ2) is 6.21. The van der Waals surface area contributed by atoms with E-state index in [-0.39, 0.29) is 0 Å². The summed E-state index contributed by atoms with van der Waals surface area (Å²) in [5.41, 5.74) is -0.287. The van der Waals surface area contributed by atoms with Crippen LogP contribution < -0.4 is 10.6 Å². The number of carbonyl (C=O) groups is 2. The highest BCUT2D eigenvalue weighted by Crippen LogP contribution is 2.23. The average molecular weight is 347 g/mol. The molecule has 0 radical (unpaired) electrons. The standard InChI is InChI=1S/C13H16BrFN2O3/c1-13(2,3)10(11(18)19)17-12(20)16-9-5-4-7(15)6-8(9)14/h4-6,10H,1-3H3,(H,18,19)(H2,16,17,20)/t10-/m1/s1. The predicted octanol–water partition coefficient (Wildman–Crippen LogP) is 3.21. The van der Waals surface area contributed by atoms with Crippen molar-refractivity contribution in [3.63, 3.8) is 0 Å². The van der Waals surface area contributed by atoms with E-state index < -0.39 is 29.3 Å². The third-order valence-electron chi connectivity index (χ3n) is 2.57. The Morgan fingerprint density at radius 1 is 1.35 bits per heavy atom. The largest absolute Gasteiger partial charge is 0.480 e. The normalized spacial score (nSPS) is 12.7. The molecule has 0 aliphatic carbocycles. The molecular weight excluding hydrogens is 331 g/mol. The molecular formula is C13H16BrFN2O3. The number of rotatable bonds is 3. The lowest BCUT2D eigenvalue weighted by Gasteiger charge is -2.27. The number of nitrogens with one attached hydrogen (secondary N) is 2. The quantitative estimate of drug-likeness (QED) is 0.786. The molecule has 0 fully saturated rings. The van der Waals surface area contributed by atoms with E-state index >= 15 is 0 Å². The SMILES string of the molecule is CC(C)(C)[C@H](NC(=O)Nc1ccc(F)cc1Br)C(=O)O. The number of carbonyl (C=O) groups excluding carboxylic acids is 1. The average Bonchev–Trinajstić information content (AvgIpc) is 2.28. The maximum absolute atomic E-state index is 12.9. The lowest BCUT2D eigenvalue weighted by Crippen LogP contribution is -2.50. The molecule has 1 aromatic carbocycles. The van der Waals surface area contributed by atoms with Gasteiger partial charge in [-0.25, -0.2) is 14.0 Å². The van der Waals surface area contributed by atoms with E-state index in [9.17, 15) is 14.0 Å². The van der Waals surface area contributed by atoms with Crippen molar-refractivity contribution in [2.45, 2.75) is 26.8 Å². The second-order valence-electron chi connectivity index (χ2n) is 5.36. The first-order valence-electron chi connectivity index (χ1n) is 5.86. The van der Waals surface area contributed by atoms with Crippen molar-refractivity contribution in [1.82, 2.24) is 5.32 Å². The molecule has 0 unspecified atom stereocenters. The maximum atomic E-state index is 12.9. The van der Waals surface area contributed by atoms with Crippen molar-refractivity contribution in [2.24, 2.45) is 5.41 Å². The number of benzene rings is 1. The van der Waals surface area contributed by atoms with Gasteiger partial charge in [0.25, 0.3) is 0 Å². The Morgan fingerprint density at radius 3 is 2.40 bits per heavy atom. The van der Waals surface area contributed by atoms with Gasteiger partial charge in [0.05, 0.1) is 5.69 Å². The van der Waals surface area contributed by atoms with Gasteiger partial charge in [-0.2, -0.15) is 0 Å². The molecule has 0 heterocycles. The van der Waals surface area contributed by atoms with Crippen molar-refractivity contribution < 1.29 is 19.1 Å². The third kappa shape index (κ3) is 4.48. The Bertz CT molecular complexity index is 529. The summed E-state index contributed by atoms with van der Waals surface area (Å²) in [7, 11) is 0. The summed E-state index contributed by atoms with van der Waals surface area (Å²) in [5.74, 6) is -1.56. The van der Waals surface area contributed by atoms with Gasteiger partial charge in [-0.3, -0.25) is 0 Å². The molecule has 0 spiro atoms. The zero-order valence-electron chi connectivity index (χ0n) is 11.3. The van der Waals surface area contributed by atoms with Crippen LogP contribution in [0.2, 0.25) is 0 Å². The summed E-state index contributed by atoms with van der Waals surface area (Å²) < 4.78 is 13.3. The minimum Gasteiger partial charge on any atom is -0.480 e. The summed E-state index contributed by atoms with van der Waals surface area (Å²) >= 11 is 3.11. The molecule has 0 aromatic heterocycles. The van der Waals surface area contributed by atoms with Gasteiger partial charge in [-0.15, -0.1) is 0 Å². The van der Waals surface area contributed by atoms with Crippen LogP contribution in [0.4, 0.5) is 14.9 Å². The monoisotopic (exact) mass is 346 g/mol. The van der Waals surface area contributed by atoms with Gasteiger partial charge in [0.15, 0.2) is 0 Å². The van der Waals surface area contributed by atoms with Crippen molar-refractivity contribution in [2.75, 3.05) is 5.32 Å². The number of hydrogen-bond donors (Lipinski definition) is 3. The van der Waals surface area contributed by atoms with Crippen LogP contribution in [0.3, 0.4) is 0 Å². The van der Waals surface area contributed by atoms with Crippen LogP contribution in [0, 0.1) is 11.2 Å². The Morgan fingerprint density at radius 2 is 1.95 bits per heavy atom. The minimum absolute atomic E-state index is 0.349. The summed E-state index contributed by atoms with van der Waals surface area (Å²) in [6.45, 7) is 5.12. The smallest absolute Gasteiger partial charge is 0.326 e. The molecule has 7 heteroatoms. The first kappa shape index (κ1) is 16.4. The van der Waals surface area contributed by atoms with E-state index in [0.29, 0.717) is 10.2 Å². The van der Waals surface area contributed by atoms with Crippen molar-refractivity contribution in [3.05, 3.63) is 28.5 Å². The topological polar surface area (TPSA) is 78.4 Å². The molecule has 0 aliphatic rings. The number of hydrogen-bond acceptors (Lipinski definition) is 2. The molecule has 5 nitrogen and oxygen atoms in total. The van der Waals surface area contributed by atoms with E-state index in [2.05, 4.69) is 26.6 Å². The fraction of sp³-hybridized carbons (Fsp3) is 0.385. The highest BCUT2D eigenvalue weighted by molar-refractivity contribution is 9.10. The van der Waals surface area contributed by atoms with Gasteiger partial charge in [0.2, 0.25) is 0 Å². The number of anilines is 1. The van der Waals surface area contributed by atoms with E-state index in [4.69, 9.17) is 5.11 Å². The summed E-state index contributed by atoms with van der Waals surface area (Å²) in [4.78, 5) is 23.0. The van der Waals surface area contributed by atoms with E-state index in [1.807, 2.05) is 0 Å². The molecule has 2 amide bonds. The molecule has 110 valence electrons. The van der Waals surface area contributed by atoms with E-state index in [1.54, 1.807) is 20.8 Å². The molecule has 1 aromatic rings. The van der Waals surface area contributed by atoms with Gasteiger partial charge in [0, 0.05) is 4.47 Å². The molecule has 0 bridgehead atoms. The van der Waals surface area contributed by atoms with E-state index in [1.165, 1.54) is 18.2 Å². The van der Waals surface area contributed by atoms with Crippen molar-refractivity contribution in [3.8, 4) is 0 Å². The van der Waals surface area contributed by atoms with Crippen LogP contribution in [-0.4, -0.2) is 23.1 Å². The van der Waals surface area contributed by atoms with Crippen molar-refractivity contribution >= 4 is 33.6 Å². The van der Waals surface area contributed by atoms with Gasteiger partial charge in [-0.1, -0.05) is 20.8 Å². The molecule has 0 saturated carbocycles. The molecule has 0 saturated heterocycles. The number of carboxylic acid groups (broad SMARTS) is 1. The zero-order chi connectivity index (χ0) is 15.5. The van der Waals surface area contributed by atoms with Gasteiger partial charge < -0.3 is 15.7 Å². The maximum Gasteiger partial charge on any atom is 0.326 e. The minimum atomic E-state index is -1.12. The number of amides is 2. The number of halogens is 2. The fourth-order valence-electron chi connectivity index (χ4n) is 1.53. The lowest BCUT2D eigenvalue weighted by atomic mass is 9.87. The Hall–Kier alpha value is -1.63. The molecule has 0 aliphatic heterocycles. The molecule has 3 N–H and O–H groups in total. The molecule has 20 heavy (non-hydrogen) atoms. The van der Waals surface area contributed by atoms with Crippen LogP contribution in [-0.2, 0) is 4.79 Å². The molecule has 1 rings (SSSR count). The van der Waals surface area contributed by atoms with Gasteiger partial charge in [-0.05, 0) is 39.5 Å². The highest BCUT2D eigenvalue weighted by Gasteiger charge is 2.32. The van der Waals surface area contributed by atoms with Gasteiger partial charge in [0.1, 0.15) is 11.9 Å². The summed E-state index contributed by atoms with van der Waals surface area (Å²) in [6.07, 6.45) is 0. The van der Waals surface area contributed by atoms with Crippen molar-refractivity contribution in [1.29, 1.82) is 0 Å². The first-order chi connectivity index (χ1) is 9.11. The Labute approximate surface area is 124 Å². The lowest BCUT2D eigenvalue weighted by molar-refractivity contribution is -0.141. The van der Waals surface area contributed by atoms with Crippen LogP contribution in [0.5, 0.6) is 0 Å².